The Morgan fingerprint density at radius 2 is 1.86 bits per heavy atom. The molecule has 1 saturated heterocycles. The first-order chi connectivity index (χ1) is 13.5. The number of hydrogen-bond donors (Lipinski definition) is 2. The van der Waals surface area contributed by atoms with Gasteiger partial charge in [0.2, 0.25) is 5.95 Å². The zero-order valence-electron chi connectivity index (χ0n) is 17.0. The minimum Gasteiger partial charge on any atom is -0.497 e. The summed E-state index contributed by atoms with van der Waals surface area (Å²) >= 11 is 0. The molecule has 1 fully saturated rings. The van der Waals surface area contributed by atoms with E-state index in [2.05, 4.69) is 25.5 Å². The van der Waals surface area contributed by atoms with Gasteiger partial charge in [0, 0.05) is 32.9 Å². The van der Waals surface area contributed by atoms with Gasteiger partial charge in [0.1, 0.15) is 11.4 Å². The molecule has 0 radical (unpaired) electrons. The summed E-state index contributed by atoms with van der Waals surface area (Å²) in [5, 5.41) is 5.72. The number of hydrogen-bond acceptors (Lipinski definition) is 6. The van der Waals surface area contributed by atoms with Crippen molar-refractivity contribution in [2.24, 2.45) is 0 Å². The van der Waals surface area contributed by atoms with Gasteiger partial charge in [0.05, 0.1) is 13.3 Å². The number of carbonyl (C=O) groups is 1. The topological polar surface area (TPSA) is 82.6 Å². The number of rotatable bonds is 5. The number of carbonyl (C=O) groups excluding carboxylic acids is 1. The fraction of sp³-hybridized carbons (Fsp3) is 0.450. The van der Waals surface area contributed by atoms with Gasteiger partial charge in [-0.1, -0.05) is 0 Å². The molecule has 0 unspecified atom stereocenters. The van der Waals surface area contributed by atoms with E-state index in [0.717, 1.165) is 42.9 Å². The minimum absolute atomic E-state index is 0.342. The van der Waals surface area contributed by atoms with E-state index in [-0.39, 0.29) is 6.03 Å². The largest absolute Gasteiger partial charge is 0.497 e. The summed E-state index contributed by atoms with van der Waals surface area (Å²) in [4.78, 5) is 25.7. The maximum atomic E-state index is 12.5. The van der Waals surface area contributed by atoms with Gasteiger partial charge in [-0.15, -0.1) is 0 Å². The number of urea groups is 1. The number of aryl methyl sites for hydroxylation is 1. The van der Waals surface area contributed by atoms with Crippen LogP contribution in [0, 0.1) is 6.92 Å². The van der Waals surface area contributed by atoms with E-state index in [0.29, 0.717) is 17.5 Å². The molecule has 1 aromatic carbocycles. The van der Waals surface area contributed by atoms with Crippen LogP contribution in [0.3, 0.4) is 0 Å². The van der Waals surface area contributed by atoms with Gasteiger partial charge in [-0.05, 0) is 49.9 Å². The van der Waals surface area contributed by atoms with Crippen LogP contribution in [0.4, 0.5) is 27.9 Å². The number of aromatic nitrogens is 2. The molecule has 8 nitrogen and oxygen atoms in total. The summed E-state index contributed by atoms with van der Waals surface area (Å²) in [7, 11) is 5.42. The van der Waals surface area contributed by atoms with Crippen molar-refractivity contribution in [1.29, 1.82) is 0 Å². The molecule has 28 heavy (non-hydrogen) atoms. The van der Waals surface area contributed by atoms with Crippen molar-refractivity contribution in [2.45, 2.75) is 26.2 Å². The first-order valence-corrected chi connectivity index (χ1v) is 9.50. The fourth-order valence-electron chi connectivity index (χ4n) is 3.22. The van der Waals surface area contributed by atoms with Crippen LogP contribution in [0.15, 0.2) is 24.4 Å². The Hall–Kier alpha value is -3.03. The quantitative estimate of drug-likeness (QED) is 0.821. The third kappa shape index (κ3) is 4.62. The Bertz CT molecular complexity index is 833. The number of methoxy groups -OCH3 is 1. The second-order valence-corrected chi connectivity index (χ2v) is 7.11. The number of nitrogens with zero attached hydrogens (tertiary/aromatic N) is 4. The highest BCUT2D eigenvalue weighted by Crippen LogP contribution is 2.26. The van der Waals surface area contributed by atoms with E-state index < -0.39 is 0 Å². The molecule has 1 aliphatic rings. The lowest BCUT2D eigenvalue weighted by Crippen LogP contribution is -2.31. The summed E-state index contributed by atoms with van der Waals surface area (Å²) in [6.45, 7) is 3.85. The van der Waals surface area contributed by atoms with Crippen LogP contribution >= 0.6 is 0 Å². The number of piperidine rings is 1. The molecule has 2 aromatic rings. The van der Waals surface area contributed by atoms with E-state index in [1.165, 1.54) is 6.42 Å². The van der Waals surface area contributed by atoms with Crippen LogP contribution in [0.2, 0.25) is 0 Å². The van der Waals surface area contributed by atoms with Crippen LogP contribution in [-0.2, 0) is 0 Å². The molecular formula is C20H28N6O2. The Kier molecular flexibility index (Phi) is 6.18. The SMILES string of the molecule is COc1ccc(NC(=O)Nc2cnc(N3CCCCC3)nc2N(C)C)c(C)c1. The van der Waals surface area contributed by atoms with Crippen molar-refractivity contribution in [3.63, 3.8) is 0 Å². The average molecular weight is 384 g/mol. The second kappa shape index (κ2) is 8.77. The predicted molar refractivity (Wildman–Crippen MR) is 113 cm³/mol. The molecule has 8 heteroatoms. The fourth-order valence-corrected chi connectivity index (χ4v) is 3.22. The average Bonchev–Trinajstić information content (AvgIpc) is 2.70. The normalized spacial score (nSPS) is 13.8. The molecule has 0 saturated carbocycles. The van der Waals surface area contributed by atoms with Crippen LogP contribution in [0.1, 0.15) is 24.8 Å². The van der Waals surface area contributed by atoms with Crippen molar-refractivity contribution in [1.82, 2.24) is 9.97 Å². The van der Waals surface area contributed by atoms with E-state index in [4.69, 9.17) is 4.74 Å². The summed E-state index contributed by atoms with van der Waals surface area (Å²) < 4.78 is 5.20. The molecule has 0 aliphatic carbocycles. The van der Waals surface area contributed by atoms with Crippen LogP contribution < -0.4 is 25.2 Å². The summed E-state index contributed by atoms with van der Waals surface area (Å²) in [5.74, 6) is 2.14. The summed E-state index contributed by atoms with van der Waals surface area (Å²) in [6.07, 6.45) is 5.24. The zero-order valence-corrected chi connectivity index (χ0v) is 17.0. The highest BCUT2D eigenvalue weighted by atomic mass is 16.5. The van der Waals surface area contributed by atoms with Gasteiger partial charge in [0.25, 0.3) is 0 Å². The maximum absolute atomic E-state index is 12.5. The van der Waals surface area contributed by atoms with E-state index in [1.54, 1.807) is 13.3 Å². The second-order valence-electron chi connectivity index (χ2n) is 7.11. The highest BCUT2D eigenvalue weighted by Gasteiger charge is 2.18. The summed E-state index contributed by atoms with van der Waals surface area (Å²) in [6, 6.07) is 5.16. The van der Waals surface area contributed by atoms with Crippen LogP contribution in [-0.4, -0.2) is 50.3 Å². The van der Waals surface area contributed by atoms with Gasteiger partial charge < -0.3 is 25.2 Å². The van der Waals surface area contributed by atoms with Crippen molar-refractivity contribution in [3.8, 4) is 5.75 Å². The lowest BCUT2D eigenvalue weighted by Gasteiger charge is -2.28. The third-order valence-corrected chi connectivity index (χ3v) is 4.75. The Labute approximate surface area is 165 Å². The van der Waals surface area contributed by atoms with Gasteiger partial charge >= 0.3 is 6.03 Å². The molecule has 0 spiro atoms. The number of ether oxygens (including phenoxy) is 1. The molecule has 2 amide bonds. The predicted octanol–water partition coefficient (Wildman–Crippen LogP) is 3.49. The van der Waals surface area contributed by atoms with E-state index >= 15 is 0 Å². The molecule has 3 rings (SSSR count). The van der Waals surface area contributed by atoms with Crippen molar-refractivity contribution < 1.29 is 9.53 Å². The number of amides is 2. The molecule has 0 atom stereocenters. The Morgan fingerprint density at radius 3 is 2.50 bits per heavy atom. The number of nitrogens with one attached hydrogen (secondary N) is 2. The van der Waals surface area contributed by atoms with E-state index in [1.807, 2.05) is 44.1 Å². The minimum atomic E-state index is -0.342. The van der Waals surface area contributed by atoms with Crippen LogP contribution in [0.25, 0.3) is 0 Å². The smallest absolute Gasteiger partial charge is 0.323 e. The summed E-state index contributed by atoms with van der Waals surface area (Å²) in [5.41, 5.74) is 2.20. The Morgan fingerprint density at radius 1 is 1.14 bits per heavy atom. The first kappa shape index (κ1) is 19.7. The monoisotopic (exact) mass is 384 g/mol. The van der Waals surface area contributed by atoms with E-state index in [9.17, 15) is 4.79 Å². The highest BCUT2D eigenvalue weighted by molar-refractivity contribution is 6.01. The van der Waals surface area contributed by atoms with Crippen LogP contribution in [0.5, 0.6) is 5.75 Å². The number of benzene rings is 1. The van der Waals surface area contributed by atoms with Gasteiger partial charge in [-0.3, -0.25) is 0 Å². The lowest BCUT2D eigenvalue weighted by atomic mass is 10.1. The van der Waals surface area contributed by atoms with Crippen molar-refractivity contribution in [3.05, 3.63) is 30.0 Å². The molecule has 150 valence electrons. The van der Waals surface area contributed by atoms with Crippen molar-refractivity contribution in [2.75, 3.05) is 54.7 Å². The third-order valence-electron chi connectivity index (χ3n) is 4.75. The molecule has 2 heterocycles. The first-order valence-electron chi connectivity index (χ1n) is 9.50. The van der Waals surface area contributed by atoms with Gasteiger partial charge in [-0.25, -0.2) is 9.78 Å². The van der Waals surface area contributed by atoms with Gasteiger partial charge in [-0.2, -0.15) is 4.98 Å². The zero-order chi connectivity index (χ0) is 20.1. The lowest BCUT2D eigenvalue weighted by molar-refractivity contribution is 0.262. The molecule has 0 bridgehead atoms. The van der Waals surface area contributed by atoms with Crippen molar-refractivity contribution >= 4 is 29.2 Å². The van der Waals surface area contributed by atoms with Gasteiger partial charge in [0.15, 0.2) is 5.82 Å². The Balaban J connectivity index is 1.74. The molecule has 1 aliphatic heterocycles. The standard InChI is InChI=1S/C20H28N6O2/c1-14-12-15(28-4)8-9-16(14)22-20(27)23-17-13-21-19(24-18(17)25(2)3)26-10-6-5-7-11-26/h8-9,12-13H,5-7,10-11H2,1-4H3,(H2,22,23,27). The maximum Gasteiger partial charge on any atom is 0.323 e. The number of anilines is 4. The molecular weight excluding hydrogens is 356 g/mol. The molecule has 1 aromatic heterocycles. The molecule has 2 N–H and O–H groups in total.